The highest BCUT2D eigenvalue weighted by molar-refractivity contribution is 6.06. The molecule has 0 spiro atoms. The molecular formula is C13H16N4O. The molecule has 0 fully saturated rings. The molecule has 2 rings (SSSR count). The molecule has 0 atom stereocenters. The summed E-state index contributed by atoms with van der Waals surface area (Å²) in [5.41, 5.74) is 1.53. The van der Waals surface area contributed by atoms with E-state index in [-0.39, 0.29) is 5.78 Å². The third-order valence-electron chi connectivity index (χ3n) is 2.70. The quantitative estimate of drug-likeness (QED) is 0.597. The maximum absolute atomic E-state index is 11.9. The van der Waals surface area contributed by atoms with Crippen molar-refractivity contribution in [3.63, 3.8) is 0 Å². The van der Waals surface area contributed by atoms with E-state index in [0.717, 1.165) is 18.8 Å². The van der Waals surface area contributed by atoms with E-state index < -0.39 is 0 Å². The molecule has 18 heavy (non-hydrogen) atoms. The number of aryl methyl sites for hydroxylation is 2. The molecule has 0 amide bonds. The Kier molecular flexibility index (Phi) is 3.72. The molecule has 0 saturated heterocycles. The standard InChI is InChI=1S/C13H16N4O/c1-3-16-10-11(9-15-16)13(18)6-5-12-7-8-14-17(12)4-2/h5-10H,3-4H2,1-2H3/b6-5+. The van der Waals surface area contributed by atoms with E-state index in [0.29, 0.717) is 5.56 Å². The number of ketones is 1. The molecule has 5 nitrogen and oxygen atoms in total. The molecule has 2 heterocycles. The number of aromatic nitrogens is 4. The van der Waals surface area contributed by atoms with Gasteiger partial charge in [0.25, 0.3) is 0 Å². The van der Waals surface area contributed by atoms with Crippen molar-refractivity contribution >= 4 is 11.9 Å². The van der Waals surface area contributed by atoms with Crippen molar-refractivity contribution in [3.8, 4) is 0 Å². The maximum Gasteiger partial charge on any atom is 0.189 e. The molecule has 0 aliphatic heterocycles. The third kappa shape index (κ3) is 2.56. The van der Waals surface area contributed by atoms with Crippen LogP contribution in [0.1, 0.15) is 29.9 Å². The summed E-state index contributed by atoms with van der Waals surface area (Å²) >= 11 is 0. The molecule has 0 N–H and O–H groups in total. The smallest absolute Gasteiger partial charge is 0.189 e. The molecule has 94 valence electrons. The second kappa shape index (κ2) is 5.44. The van der Waals surface area contributed by atoms with E-state index >= 15 is 0 Å². The summed E-state index contributed by atoms with van der Waals surface area (Å²) in [4.78, 5) is 11.9. The molecule has 0 radical (unpaired) electrons. The van der Waals surface area contributed by atoms with Crippen LogP contribution in [0.15, 0.2) is 30.7 Å². The number of rotatable bonds is 5. The number of hydrogen-bond donors (Lipinski definition) is 0. The molecule has 2 aromatic heterocycles. The van der Waals surface area contributed by atoms with Gasteiger partial charge in [-0.05, 0) is 32.1 Å². The van der Waals surface area contributed by atoms with Crippen molar-refractivity contribution < 1.29 is 4.79 Å². The molecule has 0 aliphatic rings. The van der Waals surface area contributed by atoms with Crippen LogP contribution in [-0.4, -0.2) is 25.3 Å². The number of hydrogen-bond acceptors (Lipinski definition) is 3. The predicted octanol–water partition coefficient (Wildman–Crippen LogP) is 2.02. The van der Waals surface area contributed by atoms with E-state index in [4.69, 9.17) is 0 Å². The Morgan fingerprint density at radius 1 is 1.33 bits per heavy atom. The molecule has 0 unspecified atom stereocenters. The molecule has 0 bridgehead atoms. The highest BCUT2D eigenvalue weighted by Gasteiger charge is 2.05. The summed E-state index contributed by atoms with van der Waals surface area (Å²) in [6.45, 7) is 5.54. The molecule has 0 saturated carbocycles. The number of carbonyl (C=O) groups is 1. The van der Waals surface area contributed by atoms with Crippen LogP contribution >= 0.6 is 0 Å². The van der Waals surface area contributed by atoms with Crippen molar-refractivity contribution in [3.05, 3.63) is 42.0 Å². The van der Waals surface area contributed by atoms with Gasteiger partial charge in [-0.2, -0.15) is 10.2 Å². The first kappa shape index (κ1) is 12.3. The predicted molar refractivity (Wildman–Crippen MR) is 69.2 cm³/mol. The van der Waals surface area contributed by atoms with Gasteiger partial charge < -0.3 is 0 Å². The van der Waals surface area contributed by atoms with Gasteiger partial charge >= 0.3 is 0 Å². The zero-order valence-corrected chi connectivity index (χ0v) is 10.6. The van der Waals surface area contributed by atoms with E-state index in [1.54, 1.807) is 35.4 Å². The van der Waals surface area contributed by atoms with E-state index in [9.17, 15) is 4.79 Å². The third-order valence-corrected chi connectivity index (χ3v) is 2.70. The van der Waals surface area contributed by atoms with Crippen LogP contribution < -0.4 is 0 Å². The van der Waals surface area contributed by atoms with Crippen molar-refractivity contribution in [1.82, 2.24) is 19.6 Å². The number of carbonyl (C=O) groups excluding carboxylic acids is 1. The Bertz CT molecular complexity index is 565. The lowest BCUT2D eigenvalue weighted by molar-refractivity contribution is 0.104. The number of nitrogens with zero attached hydrogens (tertiary/aromatic N) is 4. The molecule has 2 aromatic rings. The van der Waals surface area contributed by atoms with Crippen LogP contribution in [0.2, 0.25) is 0 Å². The second-order valence-corrected chi connectivity index (χ2v) is 3.85. The summed E-state index contributed by atoms with van der Waals surface area (Å²) in [7, 11) is 0. The van der Waals surface area contributed by atoms with Gasteiger partial charge in [-0.15, -0.1) is 0 Å². The van der Waals surface area contributed by atoms with Gasteiger partial charge in [0.2, 0.25) is 0 Å². The Morgan fingerprint density at radius 3 is 2.83 bits per heavy atom. The fraction of sp³-hybridized carbons (Fsp3) is 0.308. The Morgan fingerprint density at radius 2 is 2.17 bits per heavy atom. The van der Waals surface area contributed by atoms with Crippen LogP contribution in [0, 0.1) is 0 Å². The van der Waals surface area contributed by atoms with E-state index in [1.807, 2.05) is 24.6 Å². The summed E-state index contributed by atoms with van der Waals surface area (Å²) in [5.74, 6) is -0.0430. The van der Waals surface area contributed by atoms with Crippen LogP contribution in [0.25, 0.3) is 6.08 Å². The maximum atomic E-state index is 11.9. The van der Waals surface area contributed by atoms with Gasteiger partial charge in [0, 0.05) is 25.5 Å². The van der Waals surface area contributed by atoms with E-state index in [2.05, 4.69) is 10.2 Å². The van der Waals surface area contributed by atoms with Crippen molar-refractivity contribution in [2.24, 2.45) is 0 Å². The lowest BCUT2D eigenvalue weighted by Crippen LogP contribution is -1.99. The van der Waals surface area contributed by atoms with Gasteiger partial charge in [-0.1, -0.05) is 0 Å². The molecule has 0 aromatic carbocycles. The lowest BCUT2D eigenvalue weighted by atomic mass is 10.2. The van der Waals surface area contributed by atoms with Gasteiger partial charge in [0.1, 0.15) is 0 Å². The normalized spacial score (nSPS) is 11.2. The average molecular weight is 244 g/mol. The monoisotopic (exact) mass is 244 g/mol. The van der Waals surface area contributed by atoms with Crippen LogP contribution in [0.5, 0.6) is 0 Å². The van der Waals surface area contributed by atoms with Gasteiger partial charge in [0.05, 0.1) is 17.5 Å². The van der Waals surface area contributed by atoms with Gasteiger partial charge in [-0.25, -0.2) is 0 Å². The minimum atomic E-state index is -0.0430. The molecule has 0 aliphatic carbocycles. The minimum absolute atomic E-state index is 0.0430. The summed E-state index contributed by atoms with van der Waals surface area (Å²) in [6.07, 6.45) is 8.40. The highest BCUT2D eigenvalue weighted by Crippen LogP contribution is 2.05. The zero-order valence-electron chi connectivity index (χ0n) is 10.6. The topological polar surface area (TPSA) is 52.7 Å². The van der Waals surface area contributed by atoms with Crippen molar-refractivity contribution in [1.29, 1.82) is 0 Å². The highest BCUT2D eigenvalue weighted by atomic mass is 16.1. The molecular weight excluding hydrogens is 228 g/mol. The van der Waals surface area contributed by atoms with E-state index in [1.165, 1.54) is 0 Å². The Hall–Kier alpha value is -2.17. The van der Waals surface area contributed by atoms with Crippen LogP contribution in [0.4, 0.5) is 0 Å². The fourth-order valence-electron chi connectivity index (χ4n) is 1.67. The fourth-order valence-corrected chi connectivity index (χ4v) is 1.67. The van der Waals surface area contributed by atoms with Crippen molar-refractivity contribution in [2.45, 2.75) is 26.9 Å². The first-order valence-electron chi connectivity index (χ1n) is 6.01. The van der Waals surface area contributed by atoms with Crippen molar-refractivity contribution in [2.75, 3.05) is 0 Å². The van der Waals surface area contributed by atoms with Crippen LogP contribution in [-0.2, 0) is 13.1 Å². The summed E-state index contributed by atoms with van der Waals surface area (Å²) in [6, 6.07) is 1.88. The second-order valence-electron chi connectivity index (χ2n) is 3.85. The van der Waals surface area contributed by atoms with Crippen LogP contribution in [0.3, 0.4) is 0 Å². The zero-order chi connectivity index (χ0) is 13.0. The Labute approximate surface area is 106 Å². The first-order valence-corrected chi connectivity index (χ1v) is 6.01. The molecule has 5 heteroatoms. The summed E-state index contributed by atoms with van der Waals surface area (Å²) in [5, 5.41) is 8.22. The minimum Gasteiger partial charge on any atom is -0.289 e. The van der Waals surface area contributed by atoms with Gasteiger partial charge in [-0.3, -0.25) is 14.2 Å². The largest absolute Gasteiger partial charge is 0.289 e. The first-order chi connectivity index (χ1) is 8.74. The number of allylic oxidation sites excluding steroid dienone is 1. The van der Waals surface area contributed by atoms with Gasteiger partial charge in [0.15, 0.2) is 5.78 Å². The SMILES string of the molecule is CCn1cc(C(=O)/C=C/c2ccnn2CC)cn1. The summed E-state index contributed by atoms with van der Waals surface area (Å²) < 4.78 is 3.57. The lowest BCUT2D eigenvalue weighted by Gasteiger charge is -1.97. The average Bonchev–Trinajstić information content (AvgIpc) is 3.04. The Balaban J connectivity index is 2.11.